The van der Waals surface area contributed by atoms with Crippen molar-refractivity contribution in [3.05, 3.63) is 39.6 Å². The molecule has 0 spiro atoms. The summed E-state index contributed by atoms with van der Waals surface area (Å²) in [5, 5.41) is 0. The zero-order chi connectivity index (χ0) is 12.3. The van der Waals surface area contributed by atoms with Crippen LogP contribution in [0.15, 0.2) is 24.5 Å². The number of rotatable bonds is 5. The van der Waals surface area contributed by atoms with Crippen molar-refractivity contribution in [2.75, 3.05) is 0 Å². The lowest BCUT2D eigenvalue weighted by Gasteiger charge is -2.15. The van der Waals surface area contributed by atoms with Gasteiger partial charge in [0.25, 0.3) is 0 Å². The van der Waals surface area contributed by atoms with E-state index in [1.54, 1.807) is 6.20 Å². The molecule has 0 saturated carbocycles. The molecule has 1 unspecified atom stereocenters. The van der Waals surface area contributed by atoms with E-state index in [0.717, 1.165) is 28.0 Å². The molecule has 3 N–H and O–H groups in total. The predicted octanol–water partition coefficient (Wildman–Crippen LogP) is 2.56. The summed E-state index contributed by atoms with van der Waals surface area (Å²) in [6.07, 6.45) is 4.83. The predicted molar refractivity (Wildman–Crippen MR) is 71.0 cm³/mol. The first-order valence-electron chi connectivity index (χ1n) is 5.48. The van der Waals surface area contributed by atoms with E-state index in [2.05, 4.69) is 21.9 Å². The van der Waals surface area contributed by atoms with Gasteiger partial charge in [-0.2, -0.15) is 0 Å². The molecular formula is C11H15ClN4S. The average molecular weight is 271 g/mol. The first-order chi connectivity index (χ1) is 8.26. The van der Waals surface area contributed by atoms with Gasteiger partial charge in [-0.05, 0) is 18.6 Å². The van der Waals surface area contributed by atoms with Gasteiger partial charge in [-0.25, -0.2) is 10.4 Å². The first-order valence-corrected chi connectivity index (χ1v) is 6.68. The van der Waals surface area contributed by atoms with Crippen LogP contribution in [-0.4, -0.2) is 9.55 Å². The van der Waals surface area contributed by atoms with Crippen LogP contribution in [0, 0.1) is 0 Å². The van der Waals surface area contributed by atoms with Crippen LogP contribution in [-0.2, 0) is 6.54 Å². The van der Waals surface area contributed by atoms with Crippen molar-refractivity contribution in [2.45, 2.75) is 25.9 Å². The number of nitrogens with one attached hydrogen (secondary N) is 1. The number of halogens is 1. The van der Waals surface area contributed by atoms with Crippen LogP contribution in [0.3, 0.4) is 0 Å². The van der Waals surface area contributed by atoms with E-state index in [1.165, 1.54) is 11.3 Å². The quantitative estimate of drug-likeness (QED) is 0.649. The SMILES string of the molecule is CCCn1ccnc1C(NN)c1ccc(Cl)s1. The number of imidazole rings is 1. The molecule has 6 heteroatoms. The van der Waals surface area contributed by atoms with Crippen molar-refractivity contribution in [2.24, 2.45) is 5.84 Å². The third-order valence-electron chi connectivity index (χ3n) is 2.52. The van der Waals surface area contributed by atoms with Crippen LogP contribution in [0.1, 0.15) is 30.1 Å². The van der Waals surface area contributed by atoms with Crippen molar-refractivity contribution in [1.82, 2.24) is 15.0 Å². The van der Waals surface area contributed by atoms with E-state index in [9.17, 15) is 0 Å². The van der Waals surface area contributed by atoms with Crippen molar-refractivity contribution < 1.29 is 0 Å². The van der Waals surface area contributed by atoms with Gasteiger partial charge in [0.1, 0.15) is 11.9 Å². The Labute approximate surface area is 109 Å². The minimum Gasteiger partial charge on any atom is -0.333 e. The third kappa shape index (κ3) is 2.69. The van der Waals surface area contributed by atoms with Gasteiger partial charge in [0.2, 0.25) is 0 Å². The van der Waals surface area contributed by atoms with Gasteiger partial charge in [-0.3, -0.25) is 5.84 Å². The van der Waals surface area contributed by atoms with Crippen molar-refractivity contribution in [3.8, 4) is 0 Å². The van der Waals surface area contributed by atoms with E-state index >= 15 is 0 Å². The zero-order valence-electron chi connectivity index (χ0n) is 9.56. The van der Waals surface area contributed by atoms with Gasteiger partial charge < -0.3 is 4.57 Å². The highest BCUT2D eigenvalue weighted by Gasteiger charge is 2.19. The number of hydrogen-bond donors (Lipinski definition) is 2. The molecular weight excluding hydrogens is 256 g/mol. The third-order valence-corrected chi connectivity index (χ3v) is 3.81. The normalized spacial score (nSPS) is 12.9. The Hall–Kier alpha value is -0.880. The average Bonchev–Trinajstić information content (AvgIpc) is 2.91. The topological polar surface area (TPSA) is 55.9 Å². The highest BCUT2D eigenvalue weighted by atomic mass is 35.5. The summed E-state index contributed by atoms with van der Waals surface area (Å²) < 4.78 is 2.87. The van der Waals surface area contributed by atoms with E-state index in [0.29, 0.717) is 0 Å². The molecule has 2 rings (SSSR count). The summed E-state index contributed by atoms with van der Waals surface area (Å²) >= 11 is 7.46. The van der Waals surface area contributed by atoms with Crippen LogP contribution < -0.4 is 11.3 Å². The molecule has 92 valence electrons. The zero-order valence-corrected chi connectivity index (χ0v) is 11.1. The maximum atomic E-state index is 5.95. The Morgan fingerprint density at radius 1 is 1.59 bits per heavy atom. The van der Waals surface area contributed by atoms with E-state index in [-0.39, 0.29) is 6.04 Å². The van der Waals surface area contributed by atoms with Crippen molar-refractivity contribution >= 4 is 22.9 Å². The van der Waals surface area contributed by atoms with E-state index in [1.807, 2.05) is 18.3 Å². The highest BCUT2D eigenvalue weighted by Crippen LogP contribution is 2.29. The lowest BCUT2D eigenvalue weighted by atomic mass is 10.2. The summed E-state index contributed by atoms with van der Waals surface area (Å²) in [7, 11) is 0. The van der Waals surface area contributed by atoms with Gasteiger partial charge in [-0.15, -0.1) is 11.3 Å². The van der Waals surface area contributed by atoms with Crippen molar-refractivity contribution in [3.63, 3.8) is 0 Å². The monoisotopic (exact) mass is 270 g/mol. The van der Waals surface area contributed by atoms with Gasteiger partial charge in [0.15, 0.2) is 0 Å². The molecule has 1 atom stereocenters. The van der Waals surface area contributed by atoms with Crippen LogP contribution in [0.25, 0.3) is 0 Å². The minimum absolute atomic E-state index is 0.103. The van der Waals surface area contributed by atoms with Crippen LogP contribution >= 0.6 is 22.9 Å². The summed E-state index contributed by atoms with van der Waals surface area (Å²) in [6.45, 7) is 3.07. The molecule has 0 radical (unpaired) electrons. The summed E-state index contributed by atoms with van der Waals surface area (Å²) in [5.74, 6) is 6.55. The smallest absolute Gasteiger partial charge is 0.132 e. The Bertz CT molecular complexity index is 479. The fourth-order valence-corrected chi connectivity index (χ4v) is 2.90. The maximum absolute atomic E-state index is 5.95. The van der Waals surface area contributed by atoms with Crippen LogP contribution in [0.4, 0.5) is 0 Å². The van der Waals surface area contributed by atoms with Crippen LogP contribution in [0.2, 0.25) is 4.34 Å². The molecule has 17 heavy (non-hydrogen) atoms. The molecule has 2 aromatic rings. The highest BCUT2D eigenvalue weighted by molar-refractivity contribution is 7.16. The van der Waals surface area contributed by atoms with Gasteiger partial charge in [0, 0.05) is 23.8 Å². The fourth-order valence-electron chi connectivity index (χ4n) is 1.78. The molecule has 4 nitrogen and oxygen atoms in total. The number of hydrazine groups is 1. The molecule has 0 amide bonds. The van der Waals surface area contributed by atoms with Gasteiger partial charge in [0.05, 0.1) is 4.34 Å². The molecule has 2 aromatic heterocycles. The number of aromatic nitrogens is 2. The molecule has 0 fully saturated rings. The first kappa shape index (κ1) is 12.6. The number of nitrogens with zero attached hydrogens (tertiary/aromatic N) is 2. The second-order valence-corrected chi connectivity index (χ2v) is 5.47. The van der Waals surface area contributed by atoms with Crippen molar-refractivity contribution in [1.29, 1.82) is 0 Å². The lowest BCUT2D eigenvalue weighted by Crippen LogP contribution is -2.30. The van der Waals surface area contributed by atoms with E-state index in [4.69, 9.17) is 17.4 Å². The standard InChI is InChI=1S/C11H15ClN4S/c1-2-6-16-7-5-14-11(16)10(15-13)8-3-4-9(12)17-8/h3-5,7,10,15H,2,6,13H2,1H3. The van der Waals surface area contributed by atoms with Crippen LogP contribution in [0.5, 0.6) is 0 Å². The number of aryl methyl sites for hydroxylation is 1. The molecule has 0 aromatic carbocycles. The molecule has 0 saturated heterocycles. The number of thiophene rings is 1. The van der Waals surface area contributed by atoms with E-state index < -0.39 is 0 Å². The molecule has 0 aliphatic heterocycles. The number of hydrogen-bond acceptors (Lipinski definition) is 4. The molecule has 0 aliphatic rings. The number of nitrogens with two attached hydrogens (primary N) is 1. The molecule has 2 heterocycles. The Morgan fingerprint density at radius 2 is 2.41 bits per heavy atom. The Morgan fingerprint density at radius 3 is 3.00 bits per heavy atom. The Balaban J connectivity index is 2.31. The van der Waals surface area contributed by atoms with Gasteiger partial charge in [-0.1, -0.05) is 18.5 Å². The minimum atomic E-state index is -0.103. The lowest BCUT2D eigenvalue weighted by molar-refractivity contribution is 0.551. The summed E-state index contributed by atoms with van der Waals surface area (Å²) in [6, 6.07) is 3.75. The maximum Gasteiger partial charge on any atom is 0.132 e. The molecule has 0 bridgehead atoms. The fraction of sp³-hybridized carbons (Fsp3) is 0.364. The Kier molecular flexibility index (Phi) is 4.17. The second-order valence-electron chi connectivity index (χ2n) is 3.72. The second kappa shape index (κ2) is 5.64. The summed E-state index contributed by atoms with van der Waals surface area (Å²) in [5.41, 5.74) is 2.80. The van der Waals surface area contributed by atoms with Gasteiger partial charge >= 0.3 is 0 Å². The molecule has 0 aliphatic carbocycles. The summed E-state index contributed by atoms with van der Waals surface area (Å²) in [4.78, 5) is 5.45. The largest absolute Gasteiger partial charge is 0.333 e.